The van der Waals surface area contributed by atoms with Gasteiger partial charge in [0.1, 0.15) is 4.90 Å². The third-order valence-corrected chi connectivity index (χ3v) is 5.73. The lowest BCUT2D eigenvalue weighted by molar-refractivity contribution is 0.0696. The second kappa shape index (κ2) is 5.71. The molecule has 1 fully saturated rings. The van der Waals surface area contributed by atoms with Crippen LogP contribution in [0, 0.1) is 5.92 Å². The number of hydrogen-bond acceptors (Lipinski definition) is 3. The molecule has 7 heteroatoms. The Hall–Kier alpha value is -1.11. The molecule has 0 aromatic heterocycles. The predicted octanol–water partition coefficient (Wildman–Crippen LogP) is 2.46. The summed E-state index contributed by atoms with van der Waals surface area (Å²) < 4.78 is 26.5. The van der Waals surface area contributed by atoms with Crippen LogP contribution in [0.5, 0.6) is 0 Å². The molecule has 0 amide bonds. The Morgan fingerprint density at radius 3 is 2.60 bits per heavy atom. The predicted molar refractivity (Wildman–Crippen MR) is 75.6 cm³/mol. The molecule has 20 heavy (non-hydrogen) atoms. The smallest absolute Gasteiger partial charge is 0.335 e. The van der Waals surface area contributed by atoms with Crippen molar-refractivity contribution in [1.82, 2.24) is 4.31 Å². The summed E-state index contributed by atoms with van der Waals surface area (Å²) in [6, 6.07) is 3.72. The molecule has 0 radical (unpaired) electrons. The molecule has 0 atom stereocenters. The maximum absolute atomic E-state index is 12.6. The molecule has 0 unspecified atom stereocenters. The van der Waals surface area contributed by atoms with E-state index in [1.807, 2.05) is 0 Å². The molecule has 0 spiro atoms. The largest absolute Gasteiger partial charge is 0.478 e. The van der Waals surface area contributed by atoms with E-state index in [4.69, 9.17) is 16.7 Å². The van der Waals surface area contributed by atoms with Crippen molar-refractivity contribution in [3.63, 3.8) is 0 Å². The van der Waals surface area contributed by atoms with E-state index in [2.05, 4.69) is 0 Å². The second-order valence-corrected chi connectivity index (χ2v) is 7.16. The quantitative estimate of drug-likeness (QED) is 0.874. The molecule has 0 bridgehead atoms. The molecule has 1 aliphatic rings. The number of rotatable bonds is 6. The van der Waals surface area contributed by atoms with E-state index in [1.54, 1.807) is 6.92 Å². The number of carboxylic acids is 1. The van der Waals surface area contributed by atoms with E-state index in [1.165, 1.54) is 16.4 Å². The van der Waals surface area contributed by atoms with Crippen molar-refractivity contribution in [3.8, 4) is 0 Å². The average molecular weight is 318 g/mol. The first-order chi connectivity index (χ1) is 9.36. The third-order valence-electron chi connectivity index (χ3n) is 3.31. The Morgan fingerprint density at radius 2 is 2.10 bits per heavy atom. The van der Waals surface area contributed by atoms with Gasteiger partial charge in [-0.1, -0.05) is 18.5 Å². The van der Waals surface area contributed by atoms with Crippen LogP contribution in [0.15, 0.2) is 23.1 Å². The zero-order valence-electron chi connectivity index (χ0n) is 11.0. The van der Waals surface area contributed by atoms with E-state index in [0.717, 1.165) is 18.9 Å². The highest BCUT2D eigenvalue weighted by molar-refractivity contribution is 7.89. The van der Waals surface area contributed by atoms with Crippen molar-refractivity contribution in [2.24, 2.45) is 5.92 Å². The fourth-order valence-electron chi connectivity index (χ4n) is 1.96. The summed E-state index contributed by atoms with van der Waals surface area (Å²) in [6.45, 7) is 2.56. The molecule has 0 heterocycles. The molecule has 0 aliphatic heterocycles. The lowest BCUT2D eigenvalue weighted by Crippen LogP contribution is -2.33. The Balaban J connectivity index is 2.40. The van der Waals surface area contributed by atoms with E-state index >= 15 is 0 Å². The molecule has 110 valence electrons. The van der Waals surface area contributed by atoms with Crippen LogP contribution in [0.1, 0.15) is 30.1 Å². The topological polar surface area (TPSA) is 74.7 Å². The first-order valence-corrected chi connectivity index (χ1v) is 8.21. The summed E-state index contributed by atoms with van der Waals surface area (Å²) in [5.41, 5.74) is -0.0875. The Morgan fingerprint density at radius 1 is 1.45 bits per heavy atom. The van der Waals surface area contributed by atoms with Crippen molar-refractivity contribution in [2.45, 2.75) is 24.7 Å². The number of benzene rings is 1. The summed E-state index contributed by atoms with van der Waals surface area (Å²) >= 11 is 5.94. The summed E-state index contributed by atoms with van der Waals surface area (Å²) in [5, 5.41) is 9.01. The monoisotopic (exact) mass is 317 g/mol. The lowest BCUT2D eigenvalue weighted by atomic mass is 10.2. The highest BCUT2D eigenvalue weighted by Gasteiger charge is 2.32. The van der Waals surface area contributed by atoms with Crippen molar-refractivity contribution < 1.29 is 18.3 Å². The van der Waals surface area contributed by atoms with Gasteiger partial charge in [-0.25, -0.2) is 13.2 Å². The normalized spacial score (nSPS) is 15.6. The first kappa shape index (κ1) is 15.3. The van der Waals surface area contributed by atoms with E-state index in [-0.39, 0.29) is 15.5 Å². The van der Waals surface area contributed by atoms with Crippen LogP contribution in [-0.4, -0.2) is 36.9 Å². The minimum atomic E-state index is -3.75. The van der Waals surface area contributed by atoms with Gasteiger partial charge in [0.15, 0.2) is 0 Å². The van der Waals surface area contributed by atoms with Gasteiger partial charge in [0, 0.05) is 13.1 Å². The molecule has 1 N–H and O–H groups in total. The van der Waals surface area contributed by atoms with Gasteiger partial charge in [0.2, 0.25) is 10.0 Å². The van der Waals surface area contributed by atoms with Crippen LogP contribution in [0.3, 0.4) is 0 Å². The number of sulfonamides is 1. The standard InChI is InChI=1S/C13H16ClNO4S/c1-2-15(8-9-3-4-9)20(18,19)12-7-10(13(16)17)5-6-11(12)14/h5-7,9H,2-4,8H2,1H3,(H,16,17). The number of hydrogen-bond donors (Lipinski definition) is 1. The number of carbonyl (C=O) groups is 1. The summed E-state index contributed by atoms with van der Waals surface area (Å²) in [5.74, 6) is -0.769. The first-order valence-electron chi connectivity index (χ1n) is 6.39. The van der Waals surface area contributed by atoms with Crippen LogP contribution in [0.4, 0.5) is 0 Å². The summed E-state index contributed by atoms with van der Waals surface area (Å²) in [4.78, 5) is 10.8. The minimum Gasteiger partial charge on any atom is -0.478 e. The van der Waals surface area contributed by atoms with Gasteiger partial charge in [0.25, 0.3) is 0 Å². The number of halogens is 1. The van der Waals surface area contributed by atoms with Gasteiger partial charge >= 0.3 is 5.97 Å². The number of carboxylic acid groups (broad SMARTS) is 1. The maximum atomic E-state index is 12.6. The van der Waals surface area contributed by atoms with Crippen LogP contribution in [0.2, 0.25) is 5.02 Å². The van der Waals surface area contributed by atoms with Crippen molar-refractivity contribution in [3.05, 3.63) is 28.8 Å². The van der Waals surface area contributed by atoms with Gasteiger partial charge in [-0.2, -0.15) is 4.31 Å². The van der Waals surface area contributed by atoms with Crippen molar-refractivity contribution in [2.75, 3.05) is 13.1 Å². The van der Waals surface area contributed by atoms with Gasteiger partial charge in [-0.3, -0.25) is 0 Å². The average Bonchev–Trinajstić information content (AvgIpc) is 3.19. The van der Waals surface area contributed by atoms with Gasteiger partial charge in [-0.15, -0.1) is 0 Å². The zero-order valence-corrected chi connectivity index (χ0v) is 12.6. The third kappa shape index (κ3) is 3.13. The fourth-order valence-corrected chi connectivity index (χ4v) is 3.98. The fraction of sp³-hybridized carbons (Fsp3) is 0.462. The molecule has 5 nitrogen and oxygen atoms in total. The van der Waals surface area contributed by atoms with Crippen molar-refractivity contribution in [1.29, 1.82) is 0 Å². The lowest BCUT2D eigenvalue weighted by Gasteiger charge is -2.21. The van der Waals surface area contributed by atoms with E-state index < -0.39 is 16.0 Å². The molecule has 1 aliphatic carbocycles. The summed E-state index contributed by atoms with van der Waals surface area (Å²) in [7, 11) is -3.75. The zero-order chi connectivity index (χ0) is 14.9. The number of nitrogens with zero attached hydrogens (tertiary/aromatic N) is 1. The molecule has 1 aromatic carbocycles. The van der Waals surface area contributed by atoms with Gasteiger partial charge in [-0.05, 0) is 37.0 Å². The second-order valence-electron chi connectivity index (χ2n) is 4.85. The van der Waals surface area contributed by atoms with Crippen LogP contribution < -0.4 is 0 Å². The molecule has 2 rings (SSSR count). The number of aromatic carboxylic acids is 1. The van der Waals surface area contributed by atoms with E-state index in [0.29, 0.717) is 19.0 Å². The van der Waals surface area contributed by atoms with Crippen LogP contribution in [0.25, 0.3) is 0 Å². The Kier molecular flexibility index (Phi) is 4.36. The van der Waals surface area contributed by atoms with Gasteiger partial charge in [0.05, 0.1) is 10.6 Å². The van der Waals surface area contributed by atoms with Crippen LogP contribution in [-0.2, 0) is 10.0 Å². The Bertz CT molecular complexity index is 625. The van der Waals surface area contributed by atoms with E-state index in [9.17, 15) is 13.2 Å². The van der Waals surface area contributed by atoms with Crippen molar-refractivity contribution >= 4 is 27.6 Å². The highest BCUT2D eigenvalue weighted by Crippen LogP contribution is 2.33. The molecule has 0 saturated heterocycles. The molecule has 1 saturated carbocycles. The Labute approximate surface area is 123 Å². The van der Waals surface area contributed by atoms with Crippen LogP contribution >= 0.6 is 11.6 Å². The SMILES string of the molecule is CCN(CC1CC1)S(=O)(=O)c1cc(C(=O)O)ccc1Cl. The highest BCUT2D eigenvalue weighted by atomic mass is 35.5. The maximum Gasteiger partial charge on any atom is 0.335 e. The molecular weight excluding hydrogens is 302 g/mol. The molecule has 1 aromatic rings. The molecular formula is C13H16ClNO4S. The summed E-state index contributed by atoms with van der Waals surface area (Å²) in [6.07, 6.45) is 2.07. The minimum absolute atomic E-state index is 0.0456. The van der Waals surface area contributed by atoms with Gasteiger partial charge < -0.3 is 5.11 Å².